The highest BCUT2D eigenvalue weighted by molar-refractivity contribution is 5.16. The van der Waals surface area contributed by atoms with Crippen LogP contribution in [0.2, 0.25) is 0 Å². The third-order valence-electron chi connectivity index (χ3n) is 1.32. The van der Waals surface area contributed by atoms with E-state index >= 15 is 0 Å². The predicted molar refractivity (Wildman–Crippen MR) is 39.2 cm³/mol. The minimum atomic E-state index is -1.41. The zero-order chi connectivity index (χ0) is 8.27. The van der Waals surface area contributed by atoms with E-state index in [0.29, 0.717) is 5.56 Å². The lowest BCUT2D eigenvalue weighted by Gasteiger charge is -2.00. The fourth-order valence-corrected chi connectivity index (χ4v) is 0.889. The van der Waals surface area contributed by atoms with E-state index in [9.17, 15) is 8.78 Å². The highest BCUT2D eigenvalue weighted by Gasteiger charge is 2.00. The SMILES string of the molecule is NC(F)Cc1cccc(F)c1. The van der Waals surface area contributed by atoms with Crippen LogP contribution in [0.3, 0.4) is 0 Å². The van der Waals surface area contributed by atoms with Gasteiger partial charge in [-0.05, 0) is 17.7 Å². The molecule has 0 aliphatic rings. The molecule has 1 rings (SSSR count). The molecule has 0 fully saturated rings. The number of hydrogen-bond donors (Lipinski definition) is 1. The molecule has 0 saturated carbocycles. The van der Waals surface area contributed by atoms with Crippen molar-refractivity contribution in [1.29, 1.82) is 0 Å². The molecule has 1 aromatic carbocycles. The fraction of sp³-hybridized carbons (Fsp3) is 0.250. The van der Waals surface area contributed by atoms with Crippen molar-refractivity contribution >= 4 is 0 Å². The van der Waals surface area contributed by atoms with E-state index in [-0.39, 0.29) is 12.2 Å². The van der Waals surface area contributed by atoms with Gasteiger partial charge < -0.3 is 5.73 Å². The lowest BCUT2D eigenvalue weighted by atomic mass is 10.1. The Balaban J connectivity index is 2.71. The van der Waals surface area contributed by atoms with Gasteiger partial charge in [0.15, 0.2) is 6.30 Å². The third kappa shape index (κ3) is 2.63. The van der Waals surface area contributed by atoms with Gasteiger partial charge >= 0.3 is 0 Å². The predicted octanol–water partition coefficient (Wildman–Crippen LogP) is 1.62. The average Bonchev–Trinajstić information content (AvgIpc) is 1.85. The van der Waals surface area contributed by atoms with Crippen LogP contribution in [0.15, 0.2) is 24.3 Å². The molecular weight excluding hydrogens is 148 g/mol. The molecule has 3 heteroatoms. The van der Waals surface area contributed by atoms with Crippen LogP contribution in [-0.2, 0) is 6.42 Å². The van der Waals surface area contributed by atoms with Crippen LogP contribution in [0, 0.1) is 5.82 Å². The van der Waals surface area contributed by atoms with Crippen molar-refractivity contribution in [3.8, 4) is 0 Å². The first-order chi connectivity index (χ1) is 5.18. The molecule has 1 atom stereocenters. The maximum Gasteiger partial charge on any atom is 0.152 e. The lowest BCUT2D eigenvalue weighted by molar-refractivity contribution is 0.342. The molecule has 1 nitrogen and oxygen atoms in total. The summed E-state index contributed by atoms with van der Waals surface area (Å²) in [5.74, 6) is -0.358. The van der Waals surface area contributed by atoms with Gasteiger partial charge in [-0.1, -0.05) is 12.1 Å². The summed E-state index contributed by atoms with van der Waals surface area (Å²) in [6.07, 6.45) is -1.34. The van der Waals surface area contributed by atoms with Crippen LogP contribution in [0.4, 0.5) is 8.78 Å². The second-order valence-corrected chi connectivity index (χ2v) is 2.35. The van der Waals surface area contributed by atoms with Gasteiger partial charge in [0.25, 0.3) is 0 Å². The van der Waals surface area contributed by atoms with E-state index < -0.39 is 6.30 Å². The Hall–Kier alpha value is -0.960. The molecule has 60 valence electrons. The van der Waals surface area contributed by atoms with Crippen molar-refractivity contribution in [2.24, 2.45) is 5.73 Å². The molecule has 11 heavy (non-hydrogen) atoms. The standard InChI is InChI=1S/C8H9F2N/c9-7-3-1-2-6(4-7)5-8(10)11/h1-4,8H,5,11H2. The minimum Gasteiger partial charge on any atom is -0.301 e. The van der Waals surface area contributed by atoms with Crippen molar-refractivity contribution in [3.63, 3.8) is 0 Å². The molecule has 0 aliphatic carbocycles. The van der Waals surface area contributed by atoms with Crippen molar-refractivity contribution in [1.82, 2.24) is 0 Å². The Labute approximate surface area is 63.8 Å². The summed E-state index contributed by atoms with van der Waals surface area (Å²) in [5.41, 5.74) is 5.47. The van der Waals surface area contributed by atoms with Crippen molar-refractivity contribution in [2.75, 3.05) is 0 Å². The van der Waals surface area contributed by atoms with Gasteiger partial charge in [0.1, 0.15) is 5.82 Å². The molecule has 0 amide bonds. The third-order valence-corrected chi connectivity index (χ3v) is 1.32. The summed E-state index contributed by atoms with van der Waals surface area (Å²) >= 11 is 0. The Kier molecular flexibility index (Phi) is 2.54. The Bertz CT molecular complexity index is 235. The molecule has 0 spiro atoms. The molecule has 1 unspecified atom stereocenters. The maximum atomic E-state index is 12.5. The zero-order valence-electron chi connectivity index (χ0n) is 5.93. The smallest absolute Gasteiger partial charge is 0.152 e. The fourth-order valence-electron chi connectivity index (χ4n) is 0.889. The normalized spacial score (nSPS) is 13.0. The van der Waals surface area contributed by atoms with Crippen LogP contribution in [0.5, 0.6) is 0 Å². The van der Waals surface area contributed by atoms with Crippen molar-refractivity contribution in [2.45, 2.75) is 12.7 Å². The van der Waals surface area contributed by atoms with Crippen molar-refractivity contribution < 1.29 is 8.78 Å². The van der Waals surface area contributed by atoms with Gasteiger partial charge in [-0.2, -0.15) is 0 Å². The number of alkyl halides is 1. The van der Waals surface area contributed by atoms with Crippen LogP contribution in [0.25, 0.3) is 0 Å². The first kappa shape index (κ1) is 8.14. The lowest BCUT2D eigenvalue weighted by Crippen LogP contribution is -2.15. The molecule has 2 N–H and O–H groups in total. The summed E-state index contributed by atoms with van der Waals surface area (Å²) in [7, 11) is 0. The van der Waals surface area contributed by atoms with Gasteiger partial charge in [0, 0.05) is 6.42 Å². The second kappa shape index (κ2) is 3.44. The van der Waals surface area contributed by atoms with E-state index in [2.05, 4.69) is 0 Å². The van der Waals surface area contributed by atoms with Gasteiger partial charge in [-0.15, -0.1) is 0 Å². The largest absolute Gasteiger partial charge is 0.301 e. The summed E-state index contributed by atoms with van der Waals surface area (Å²) in [6.45, 7) is 0. The Morgan fingerprint density at radius 2 is 2.18 bits per heavy atom. The summed E-state index contributed by atoms with van der Waals surface area (Å²) in [5, 5.41) is 0. The second-order valence-electron chi connectivity index (χ2n) is 2.35. The number of benzene rings is 1. The zero-order valence-corrected chi connectivity index (χ0v) is 5.93. The van der Waals surface area contributed by atoms with Gasteiger partial charge in [-0.25, -0.2) is 8.78 Å². The molecule has 0 aliphatic heterocycles. The average molecular weight is 157 g/mol. The highest BCUT2D eigenvalue weighted by Crippen LogP contribution is 2.05. The first-order valence-corrected chi connectivity index (χ1v) is 3.32. The number of halogens is 2. The topological polar surface area (TPSA) is 26.0 Å². The van der Waals surface area contributed by atoms with Crippen LogP contribution in [0.1, 0.15) is 5.56 Å². The van der Waals surface area contributed by atoms with E-state index in [1.807, 2.05) is 0 Å². The van der Waals surface area contributed by atoms with Crippen LogP contribution >= 0.6 is 0 Å². The molecule has 1 aromatic rings. The van der Waals surface area contributed by atoms with E-state index in [0.717, 1.165) is 0 Å². The molecule has 0 radical (unpaired) electrons. The van der Waals surface area contributed by atoms with Gasteiger partial charge in [-0.3, -0.25) is 0 Å². The molecule has 0 heterocycles. The van der Waals surface area contributed by atoms with E-state index in [4.69, 9.17) is 5.73 Å². The number of rotatable bonds is 2. The van der Waals surface area contributed by atoms with Gasteiger partial charge in [0.2, 0.25) is 0 Å². The maximum absolute atomic E-state index is 12.5. The Morgan fingerprint density at radius 1 is 1.45 bits per heavy atom. The Morgan fingerprint density at radius 3 is 2.73 bits per heavy atom. The summed E-state index contributed by atoms with van der Waals surface area (Å²) in [6, 6.07) is 5.77. The number of hydrogen-bond acceptors (Lipinski definition) is 1. The molecule has 0 bridgehead atoms. The minimum absolute atomic E-state index is 0.0672. The molecule has 0 aromatic heterocycles. The first-order valence-electron chi connectivity index (χ1n) is 3.32. The van der Waals surface area contributed by atoms with Crippen LogP contribution in [-0.4, -0.2) is 6.30 Å². The quantitative estimate of drug-likeness (QED) is 0.648. The van der Waals surface area contributed by atoms with E-state index in [1.54, 1.807) is 6.07 Å². The molecular formula is C8H9F2N. The van der Waals surface area contributed by atoms with Crippen LogP contribution < -0.4 is 5.73 Å². The van der Waals surface area contributed by atoms with Gasteiger partial charge in [0.05, 0.1) is 0 Å². The highest BCUT2D eigenvalue weighted by atomic mass is 19.1. The monoisotopic (exact) mass is 157 g/mol. The van der Waals surface area contributed by atoms with Crippen molar-refractivity contribution in [3.05, 3.63) is 35.6 Å². The summed E-state index contributed by atoms with van der Waals surface area (Å²) < 4.78 is 24.6. The molecule has 0 saturated heterocycles. The number of nitrogens with two attached hydrogens (primary N) is 1. The van der Waals surface area contributed by atoms with E-state index in [1.165, 1.54) is 18.2 Å². The summed E-state index contributed by atoms with van der Waals surface area (Å²) in [4.78, 5) is 0.